The average molecular weight is 260 g/mol. The van der Waals surface area contributed by atoms with Crippen molar-refractivity contribution in [2.24, 2.45) is 0 Å². The Kier molecular flexibility index (Phi) is 11.4. The monoisotopic (exact) mass is 259 g/mol. The minimum Gasteiger partial charge on any atom is -0.412 e. The van der Waals surface area contributed by atoms with Crippen LogP contribution in [0, 0.1) is 0 Å². The van der Waals surface area contributed by atoms with E-state index in [0.717, 1.165) is 24.2 Å². The molecular formula is C7H15Cl2N3O3. The number of aromatic amines is 1. The lowest BCUT2D eigenvalue weighted by molar-refractivity contribution is 0.620. The molecule has 0 spiro atoms. The highest BCUT2D eigenvalue weighted by Crippen LogP contribution is 2.03. The smallest absolute Gasteiger partial charge is 0.255 e. The third kappa shape index (κ3) is 4.15. The zero-order valence-corrected chi connectivity index (χ0v) is 9.50. The number of hydrogen-bond donors (Lipinski definition) is 2. The molecular weight excluding hydrogens is 245 g/mol. The van der Waals surface area contributed by atoms with Gasteiger partial charge in [0, 0.05) is 19.5 Å². The van der Waals surface area contributed by atoms with Crippen LogP contribution in [0.1, 0.15) is 11.3 Å². The summed E-state index contributed by atoms with van der Waals surface area (Å²) in [5, 5.41) is 3.12. The van der Waals surface area contributed by atoms with Gasteiger partial charge in [-0.15, -0.1) is 24.8 Å². The molecule has 0 fully saturated rings. The molecule has 0 aliphatic carbocycles. The summed E-state index contributed by atoms with van der Waals surface area (Å²) in [6.45, 7) is 1.57. The second-order valence-corrected chi connectivity index (χ2v) is 2.58. The van der Waals surface area contributed by atoms with Gasteiger partial charge < -0.3 is 21.3 Å². The Morgan fingerprint density at radius 3 is 2.53 bits per heavy atom. The van der Waals surface area contributed by atoms with Gasteiger partial charge in [0.05, 0.1) is 17.6 Å². The van der Waals surface area contributed by atoms with Crippen LogP contribution in [-0.2, 0) is 13.0 Å². The number of halogens is 2. The first-order valence-corrected chi connectivity index (χ1v) is 3.64. The van der Waals surface area contributed by atoms with E-state index in [-0.39, 0.29) is 41.3 Å². The summed E-state index contributed by atoms with van der Waals surface area (Å²) < 4.78 is 0. The summed E-state index contributed by atoms with van der Waals surface area (Å²) in [5.41, 5.74) is 1.72. The normalized spacial score (nSPS) is 11.7. The number of H-pyrrole nitrogens is 1. The molecule has 0 amide bonds. The van der Waals surface area contributed by atoms with E-state index < -0.39 is 0 Å². The number of nitrogens with one attached hydrogen (secondary N) is 2. The first kappa shape index (κ1) is 19.8. The summed E-state index contributed by atoms with van der Waals surface area (Å²) in [6.07, 6.45) is 2.33. The summed E-state index contributed by atoms with van der Waals surface area (Å²) in [4.78, 5) is 17.8. The van der Waals surface area contributed by atoms with E-state index in [1.807, 2.05) is 0 Å². The van der Waals surface area contributed by atoms with Crippen LogP contribution in [0.2, 0.25) is 0 Å². The third-order valence-electron chi connectivity index (χ3n) is 1.88. The van der Waals surface area contributed by atoms with Crippen LogP contribution in [0.15, 0.2) is 11.1 Å². The minimum atomic E-state index is -0.0119. The van der Waals surface area contributed by atoms with Gasteiger partial charge in [-0.25, -0.2) is 4.98 Å². The maximum absolute atomic E-state index is 11.1. The van der Waals surface area contributed by atoms with E-state index in [4.69, 9.17) is 0 Å². The van der Waals surface area contributed by atoms with Crippen molar-refractivity contribution >= 4 is 24.8 Å². The van der Waals surface area contributed by atoms with Gasteiger partial charge in [-0.05, 0) is 0 Å². The van der Waals surface area contributed by atoms with Crippen molar-refractivity contribution < 1.29 is 11.0 Å². The van der Waals surface area contributed by atoms with E-state index >= 15 is 0 Å². The topological polar surface area (TPSA) is 121 Å². The standard InChI is InChI=1S/C7H9N3O.2ClH.2H2O/c11-7-5-3-8-2-1-6(5)9-4-10-7;;;;/h4,8H,1-3H2,(H,9,10,11);2*1H;2*1H2. The number of nitrogens with zero attached hydrogens (tertiary/aromatic N) is 1. The molecule has 15 heavy (non-hydrogen) atoms. The van der Waals surface area contributed by atoms with E-state index in [1.165, 1.54) is 6.33 Å². The molecule has 0 atom stereocenters. The van der Waals surface area contributed by atoms with Crippen LogP contribution in [0.5, 0.6) is 0 Å². The van der Waals surface area contributed by atoms with E-state index in [1.54, 1.807) is 0 Å². The van der Waals surface area contributed by atoms with Gasteiger partial charge >= 0.3 is 0 Å². The van der Waals surface area contributed by atoms with E-state index in [2.05, 4.69) is 15.3 Å². The molecule has 6 nitrogen and oxygen atoms in total. The molecule has 1 aromatic rings. The molecule has 0 saturated carbocycles. The molecule has 1 aliphatic heterocycles. The molecule has 6 N–H and O–H groups in total. The van der Waals surface area contributed by atoms with Crippen LogP contribution >= 0.6 is 24.8 Å². The SMILES string of the molecule is Cl.Cl.O.O.O=c1[nH]cnc2c1CNCC2. The largest absolute Gasteiger partial charge is 0.412 e. The fraction of sp³-hybridized carbons (Fsp3) is 0.429. The molecule has 1 aromatic heterocycles. The summed E-state index contributed by atoms with van der Waals surface area (Å²) in [7, 11) is 0. The average Bonchev–Trinajstić information content (AvgIpc) is 2.06. The summed E-state index contributed by atoms with van der Waals surface area (Å²) in [6, 6.07) is 0. The van der Waals surface area contributed by atoms with Crippen molar-refractivity contribution in [3.8, 4) is 0 Å². The lowest BCUT2D eigenvalue weighted by atomic mass is 10.1. The number of aromatic nitrogens is 2. The van der Waals surface area contributed by atoms with Crippen LogP contribution in [0.3, 0.4) is 0 Å². The molecule has 0 bridgehead atoms. The third-order valence-corrected chi connectivity index (χ3v) is 1.88. The van der Waals surface area contributed by atoms with Gasteiger partial charge in [0.2, 0.25) is 0 Å². The second-order valence-electron chi connectivity index (χ2n) is 2.58. The lowest BCUT2D eigenvalue weighted by Gasteiger charge is -2.13. The Hall–Kier alpha value is -0.660. The summed E-state index contributed by atoms with van der Waals surface area (Å²) >= 11 is 0. The second kappa shape index (κ2) is 8.63. The van der Waals surface area contributed by atoms with Crippen molar-refractivity contribution in [3.05, 3.63) is 27.9 Å². The highest BCUT2D eigenvalue weighted by molar-refractivity contribution is 5.85. The van der Waals surface area contributed by atoms with Crippen molar-refractivity contribution in [2.75, 3.05) is 6.54 Å². The van der Waals surface area contributed by atoms with Gasteiger partial charge in [0.1, 0.15) is 0 Å². The molecule has 1 aliphatic rings. The zero-order valence-electron chi connectivity index (χ0n) is 7.87. The van der Waals surface area contributed by atoms with Crippen molar-refractivity contribution in [2.45, 2.75) is 13.0 Å². The van der Waals surface area contributed by atoms with Gasteiger partial charge in [0.25, 0.3) is 5.56 Å². The zero-order chi connectivity index (χ0) is 7.68. The molecule has 2 heterocycles. The Morgan fingerprint density at radius 2 is 1.93 bits per heavy atom. The molecule has 2 rings (SSSR count). The Balaban J connectivity index is -0.000000360. The fourth-order valence-electron chi connectivity index (χ4n) is 1.28. The predicted octanol–water partition coefficient (Wildman–Crippen LogP) is -1.39. The molecule has 0 unspecified atom stereocenters. The number of rotatable bonds is 0. The Labute approximate surface area is 98.9 Å². The number of fused-ring (bicyclic) bond motifs is 1. The lowest BCUT2D eigenvalue weighted by Crippen LogP contribution is -2.30. The van der Waals surface area contributed by atoms with Gasteiger partial charge in [0.15, 0.2) is 0 Å². The van der Waals surface area contributed by atoms with Crippen molar-refractivity contribution in [3.63, 3.8) is 0 Å². The van der Waals surface area contributed by atoms with Crippen molar-refractivity contribution in [1.29, 1.82) is 0 Å². The van der Waals surface area contributed by atoms with Crippen LogP contribution in [0.4, 0.5) is 0 Å². The fourth-order valence-corrected chi connectivity index (χ4v) is 1.28. The molecule has 0 saturated heterocycles. The minimum absolute atomic E-state index is 0. The van der Waals surface area contributed by atoms with Crippen LogP contribution < -0.4 is 10.9 Å². The van der Waals surface area contributed by atoms with Crippen LogP contribution in [0.25, 0.3) is 0 Å². The first-order valence-electron chi connectivity index (χ1n) is 3.64. The quantitative estimate of drug-likeness (QED) is 0.597. The van der Waals surface area contributed by atoms with Crippen LogP contribution in [-0.4, -0.2) is 27.5 Å². The predicted molar refractivity (Wildman–Crippen MR) is 62.0 cm³/mol. The maximum Gasteiger partial charge on any atom is 0.255 e. The van der Waals surface area contributed by atoms with E-state index in [9.17, 15) is 4.79 Å². The highest BCUT2D eigenvalue weighted by Gasteiger charge is 2.11. The van der Waals surface area contributed by atoms with E-state index in [0.29, 0.717) is 6.54 Å². The molecule has 90 valence electrons. The first-order chi connectivity index (χ1) is 5.38. The highest BCUT2D eigenvalue weighted by atomic mass is 35.5. The Bertz CT molecular complexity index is 332. The number of hydrogen-bond acceptors (Lipinski definition) is 3. The molecule has 8 heteroatoms. The molecule has 0 aromatic carbocycles. The van der Waals surface area contributed by atoms with Crippen molar-refractivity contribution in [1.82, 2.24) is 15.3 Å². The summed E-state index contributed by atoms with van der Waals surface area (Å²) in [5.74, 6) is 0. The Morgan fingerprint density at radius 1 is 1.27 bits per heavy atom. The van der Waals surface area contributed by atoms with Gasteiger partial charge in [-0.2, -0.15) is 0 Å². The molecule has 0 radical (unpaired) electrons. The maximum atomic E-state index is 11.1. The van der Waals surface area contributed by atoms with Gasteiger partial charge in [-0.3, -0.25) is 4.79 Å². The van der Waals surface area contributed by atoms with Gasteiger partial charge in [-0.1, -0.05) is 0 Å².